The van der Waals surface area contributed by atoms with E-state index in [0.717, 1.165) is 18.9 Å². The van der Waals surface area contributed by atoms with Gasteiger partial charge >= 0.3 is 6.18 Å². The van der Waals surface area contributed by atoms with E-state index in [2.05, 4.69) is 0 Å². The SMILES string of the molecule is CC(O)(c1ccc(F)c(C(F)(F)F)c1)C1CC1. The molecule has 2 rings (SSSR count). The lowest BCUT2D eigenvalue weighted by Gasteiger charge is -2.24. The number of benzene rings is 1. The van der Waals surface area contributed by atoms with Gasteiger partial charge in [-0.25, -0.2) is 4.39 Å². The van der Waals surface area contributed by atoms with Gasteiger partial charge in [-0.15, -0.1) is 0 Å². The molecule has 0 spiro atoms. The van der Waals surface area contributed by atoms with Crippen molar-refractivity contribution in [2.45, 2.75) is 31.5 Å². The molecule has 0 amide bonds. The van der Waals surface area contributed by atoms with Gasteiger partial charge in [0.25, 0.3) is 0 Å². The highest BCUT2D eigenvalue weighted by atomic mass is 19.4. The maximum Gasteiger partial charge on any atom is 0.419 e. The van der Waals surface area contributed by atoms with Gasteiger partial charge in [-0.3, -0.25) is 0 Å². The summed E-state index contributed by atoms with van der Waals surface area (Å²) < 4.78 is 50.6. The second-order valence-electron chi connectivity index (χ2n) is 4.61. The van der Waals surface area contributed by atoms with Crippen LogP contribution >= 0.6 is 0 Å². The smallest absolute Gasteiger partial charge is 0.385 e. The first-order valence-electron chi connectivity index (χ1n) is 5.32. The van der Waals surface area contributed by atoms with Gasteiger partial charge < -0.3 is 5.11 Å². The lowest BCUT2D eigenvalue weighted by atomic mass is 9.89. The summed E-state index contributed by atoms with van der Waals surface area (Å²) in [5, 5.41) is 10.1. The highest BCUT2D eigenvalue weighted by molar-refractivity contribution is 5.32. The van der Waals surface area contributed by atoms with Crippen molar-refractivity contribution in [1.82, 2.24) is 0 Å². The molecule has 1 aliphatic carbocycles. The van der Waals surface area contributed by atoms with Crippen molar-refractivity contribution in [2.24, 2.45) is 5.92 Å². The zero-order chi connectivity index (χ0) is 12.8. The van der Waals surface area contributed by atoms with E-state index in [-0.39, 0.29) is 11.5 Å². The highest BCUT2D eigenvalue weighted by Crippen LogP contribution is 2.46. The van der Waals surface area contributed by atoms with Gasteiger partial charge in [0.05, 0.1) is 11.2 Å². The van der Waals surface area contributed by atoms with E-state index < -0.39 is 23.2 Å². The van der Waals surface area contributed by atoms with Crippen molar-refractivity contribution in [3.8, 4) is 0 Å². The van der Waals surface area contributed by atoms with Crippen LogP contribution in [0.5, 0.6) is 0 Å². The minimum atomic E-state index is -4.74. The van der Waals surface area contributed by atoms with Crippen molar-refractivity contribution in [3.05, 3.63) is 35.1 Å². The lowest BCUT2D eigenvalue weighted by molar-refractivity contribution is -0.140. The van der Waals surface area contributed by atoms with Gasteiger partial charge in [0.1, 0.15) is 5.82 Å². The molecule has 1 unspecified atom stereocenters. The average molecular weight is 248 g/mol. The fourth-order valence-electron chi connectivity index (χ4n) is 1.94. The quantitative estimate of drug-likeness (QED) is 0.794. The van der Waals surface area contributed by atoms with Crippen LogP contribution < -0.4 is 0 Å². The molecule has 1 aromatic carbocycles. The number of hydrogen-bond donors (Lipinski definition) is 1. The van der Waals surface area contributed by atoms with Crippen LogP contribution in [0, 0.1) is 11.7 Å². The van der Waals surface area contributed by atoms with E-state index >= 15 is 0 Å². The Kier molecular flexibility index (Phi) is 2.69. The minimum Gasteiger partial charge on any atom is -0.385 e. The van der Waals surface area contributed by atoms with Crippen LogP contribution in [0.2, 0.25) is 0 Å². The van der Waals surface area contributed by atoms with Gasteiger partial charge in [0.15, 0.2) is 0 Å². The Hall–Kier alpha value is -1.10. The Morgan fingerprint density at radius 2 is 1.82 bits per heavy atom. The molecule has 1 nitrogen and oxygen atoms in total. The third-order valence-corrected chi connectivity index (χ3v) is 3.23. The largest absolute Gasteiger partial charge is 0.419 e. The molecular formula is C12H12F4O. The molecular weight excluding hydrogens is 236 g/mol. The summed E-state index contributed by atoms with van der Waals surface area (Å²) in [4.78, 5) is 0. The molecule has 94 valence electrons. The first kappa shape index (κ1) is 12.4. The first-order valence-corrected chi connectivity index (χ1v) is 5.32. The topological polar surface area (TPSA) is 20.2 Å². The highest BCUT2D eigenvalue weighted by Gasteiger charge is 2.43. The van der Waals surface area contributed by atoms with Gasteiger partial charge in [-0.1, -0.05) is 6.07 Å². The van der Waals surface area contributed by atoms with Crippen LogP contribution in [-0.4, -0.2) is 5.11 Å². The third kappa shape index (κ3) is 2.29. The maximum atomic E-state index is 13.1. The van der Waals surface area contributed by atoms with Crippen LogP contribution in [0.25, 0.3) is 0 Å². The molecule has 1 aliphatic rings. The van der Waals surface area contributed by atoms with E-state index in [1.165, 1.54) is 13.0 Å². The van der Waals surface area contributed by atoms with Crippen molar-refractivity contribution < 1.29 is 22.7 Å². The molecule has 17 heavy (non-hydrogen) atoms. The molecule has 1 atom stereocenters. The lowest BCUT2D eigenvalue weighted by Crippen LogP contribution is -2.24. The maximum absolute atomic E-state index is 13.1. The minimum absolute atomic E-state index is 0.0333. The van der Waals surface area contributed by atoms with Crippen LogP contribution in [0.4, 0.5) is 17.6 Å². The van der Waals surface area contributed by atoms with Crippen molar-refractivity contribution in [2.75, 3.05) is 0 Å². The Morgan fingerprint density at radius 3 is 2.29 bits per heavy atom. The summed E-state index contributed by atoms with van der Waals surface area (Å²) in [6.07, 6.45) is -3.17. The Balaban J connectivity index is 2.44. The normalized spacial score (nSPS) is 20.1. The molecule has 0 bridgehead atoms. The molecule has 0 aromatic heterocycles. The molecule has 1 fully saturated rings. The molecule has 1 saturated carbocycles. The predicted octanol–water partition coefficient (Wildman–Crippen LogP) is 3.46. The van der Waals surface area contributed by atoms with Crippen molar-refractivity contribution in [3.63, 3.8) is 0 Å². The van der Waals surface area contributed by atoms with E-state index in [4.69, 9.17) is 0 Å². The van der Waals surface area contributed by atoms with Crippen molar-refractivity contribution >= 4 is 0 Å². The van der Waals surface area contributed by atoms with E-state index in [1.807, 2.05) is 0 Å². The number of hydrogen-bond acceptors (Lipinski definition) is 1. The Labute approximate surface area is 96.1 Å². The monoisotopic (exact) mass is 248 g/mol. The fraction of sp³-hybridized carbons (Fsp3) is 0.500. The summed E-state index contributed by atoms with van der Waals surface area (Å²) in [6, 6.07) is 2.67. The molecule has 0 saturated heterocycles. The fourth-order valence-corrected chi connectivity index (χ4v) is 1.94. The number of halogens is 4. The van der Waals surface area contributed by atoms with Crippen LogP contribution in [0.3, 0.4) is 0 Å². The van der Waals surface area contributed by atoms with Gasteiger partial charge in [0.2, 0.25) is 0 Å². The standard InChI is InChI=1S/C12H12F4O/c1-11(17,7-2-3-7)8-4-5-10(13)9(6-8)12(14,15)16/h4-7,17H,2-3H2,1H3. The van der Waals surface area contributed by atoms with Gasteiger partial charge in [-0.05, 0) is 43.4 Å². The second-order valence-corrected chi connectivity index (χ2v) is 4.61. The number of aliphatic hydroxyl groups is 1. The van der Waals surface area contributed by atoms with Gasteiger partial charge in [-0.2, -0.15) is 13.2 Å². The first-order chi connectivity index (χ1) is 7.73. The molecule has 1 N–H and O–H groups in total. The Bertz CT molecular complexity index is 433. The molecule has 5 heteroatoms. The molecule has 1 aromatic rings. The van der Waals surface area contributed by atoms with E-state index in [9.17, 15) is 22.7 Å². The third-order valence-electron chi connectivity index (χ3n) is 3.23. The average Bonchev–Trinajstić information content (AvgIpc) is 2.99. The van der Waals surface area contributed by atoms with Crippen LogP contribution in [0.1, 0.15) is 30.9 Å². The van der Waals surface area contributed by atoms with Crippen LogP contribution in [0.15, 0.2) is 18.2 Å². The van der Waals surface area contributed by atoms with E-state index in [1.54, 1.807) is 0 Å². The van der Waals surface area contributed by atoms with Crippen molar-refractivity contribution in [1.29, 1.82) is 0 Å². The zero-order valence-electron chi connectivity index (χ0n) is 9.18. The zero-order valence-corrected chi connectivity index (χ0v) is 9.18. The Morgan fingerprint density at radius 1 is 1.24 bits per heavy atom. The summed E-state index contributed by atoms with van der Waals surface area (Å²) >= 11 is 0. The number of rotatable bonds is 2. The van der Waals surface area contributed by atoms with Gasteiger partial charge in [0, 0.05) is 0 Å². The summed E-state index contributed by atoms with van der Waals surface area (Å²) in [5.41, 5.74) is -2.52. The summed E-state index contributed by atoms with van der Waals surface area (Å²) in [5.74, 6) is -1.35. The summed E-state index contributed by atoms with van der Waals surface area (Å²) in [6.45, 7) is 1.47. The molecule has 0 heterocycles. The number of alkyl halides is 3. The molecule has 0 radical (unpaired) electrons. The second kappa shape index (κ2) is 3.70. The van der Waals surface area contributed by atoms with Crippen LogP contribution in [-0.2, 0) is 11.8 Å². The predicted molar refractivity (Wildman–Crippen MR) is 53.7 cm³/mol. The van der Waals surface area contributed by atoms with E-state index in [0.29, 0.717) is 6.07 Å². The summed E-state index contributed by atoms with van der Waals surface area (Å²) in [7, 11) is 0. The molecule has 0 aliphatic heterocycles.